The van der Waals surface area contributed by atoms with Crippen molar-refractivity contribution in [2.24, 2.45) is 22.2 Å². The van der Waals surface area contributed by atoms with E-state index in [4.69, 9.17) is 105 Å². The first-order chi connectivity index (χ1) is 61.4. The van der Waals surface area contributed by atoms with E-state index < -0.39 is 77.1 Å². The summed E-state index contributed by atoms with van der Waals surface area (Å²) in [4.78, 5) is 55.4. The van der Waals surface area contributed by atoms with E-state index >= 15 is 0 Å². The second kappa shape index (κ2) is 40.4. The molecule has 6 unspecified atom stereocenters. The average Bonchev–Trinajstić information content (AvgIpc) is 1.56. The number of allylic oxidation sites excluding steroid dienone is 1. The number of benzene rings is 4. The molecule has 24 nitrogen and oxygen atoms in total. The number of rotatable bonds is 20. The molecule has 7 aliphatic carbocycles. The van der Waals surface area contributed by atoms with Gasteiger partial charge in [0.15, 0.2) is 51.2 Å². The van der Waals surface area contributed by atoms with Gasteiger partial charge in [0.25, 0.3) is 16.6 Å². The summed E-state index contributed by atoms with van der Waals surface area (Å²) in [5.41, 5.74) is 10.4. The second-order valence-corrected chi connectivity index (χ2v) is 55.6. The van der Waals surface area contributed by atoms with E-state index in [9.17, 15) is 19.2 Å². The van der Waals surface area contributed by atoms with Crippen LogP contribution in [0.3, 0.4) is 0 Å². The van der Waals surface area contributed by atoms with Crippen molar-refractivity contribution in [3.8, 4) is 11.5 Å². The Morgan fingerprint density at radius 3 is 1.43 bits per heavy atom. The van der Waals surface area contributed by atoms with Crippen LogP contribution >= 0.6 is 56.5 Å². The summed E-state index contributed by atoms with van der Waals surface area (Å²) >= 11 is 9.02. The van der Waals surface area contributed by atoms with E-state index in [-0.39, 0.29) is 111 Å². The fourth-order valence-corrected chi connectivity index (χ4v) is 25.8. The van der Waals surface area contributed by atoms with Crippen molar-refractivity contribution in [3.63, 3.8) is 0 Å². The van der Waals surface area contributed by atoms with Crippen molar-refractivity contribution in [1.29, 1.82) is 1.34 Å². The van der Waals surface area contributed by atoms with Crippen molar-refractivity contribution < 1.29 is 142 Å². The van der Waals surface area contributed by atoms with Gasteiger partial charge in [-0.25, -0.2) is 14.4 Å². The van der Waals surface area contributed by atoms with Gasteiger partial charge in [0.1, 0.15) is 52.9 Å². The Morgan fingerprint density at radius 2 is 1.00 bits per heavy atom. The number of hydrogen-bond donors (Lipinski definition) is 0. The number of ether oxygens (including phenoxy) is 13. The van der Waals surface area contributed by atoms with E-state index in [2.05, 4.69) is 139 Å². The molecule has 3 spiro atoms. The van der Waals surface area contributed by atoms with Gasteiger partial charge in [-0.1, -0.05) is 110 Å². The zero-order valence-corrected chi connectivity index (χ0v) is 89.3. The summed E-state index contributed by atoms with van der Waals surface area (Å²) in [6.45, 7) is 41.1. The number of esters is 3. The molecule has 0 N–H and O–H groups in total. The maximum Gasteiger partial charge on any atom is 0.343 e. The molecule has 18 rings (SSSR count). The SMILES string of the molecule is COCC(Cl)Sc1ccccc1.COCC(OC(=O)c1coc2c(O[Si](C)(C)C(C)(C)C)c3c(c(C)c12)CCC1(C)[C@H]3CCC12OCCO2)Sc1ccccc1.COCCOC(=O)c1coc2c(O[Si](C)(C)C(C)(C)C)c3c(c(C)c12)CCC1(C)[C@H]3CCC12OCCO2.COC[C@H]1OC(=O)c2coc3c2C1(C)C1=C(C3=O)[C@@H]2CCC3(OCCO3)C2(C)CC1.O=S(=O)(Cl)Cl.[2H][B].[U]. The monoisotopic (exact) mass is 2170 g/mol. The standard InChI is InChI=1S/C35H46O7SSi.C29H42O7Si.C23H26O7.C9H11ClOS.BH.Cl2O2S.U/c1-22-24-14-16-34(5)26(15-17-35(34)39-18-19-40-35)29(24)31(42-44(7,8)33(2,3)4)30-28(22)25(20-38-30)32(36)41-27(21-37-6)43-23-12-10-9-11-13-23;1-18-19-9-11-28(5)21(10-12-29(28)34-15-16-35-29)23(19)25(36-37(7,8)27(2,3)4)24-22(18)20(17-33-24)26(30)32-14-13-31-6;1-21-6-4-14-16(13(21)5-7-23(21)28-8-9-29-23)18(24)19-17-12(10-27-19)20(25)30-15(11-26-3)22(14,17)2;1-11-7-9(10)12-8-5-3-2-4-6-8;;1-5(2,3)4;/h9-13,20,26-27H,14-19,21H2,1-8H3;17,21H,9-16H2,1-8H3;10,13,15H,4-9,11H2,1-3H3;2-6,9H,7H2,1H3;1H;;/t26-,27?,34?;21-,28?;13-,15+,21?,22?;;;;/m000..../s1/i;;;;1D;;. The second-order valence-electron chi connectivity index (χ2n) is 39.2. The van der Waals surface area contributed by atoms with Crippen molar-refractivity contribution in [2.75, 3.05) is 101 Å². The number of thioether (sulfide) groups is 2. The van der Waals surface area contributed by atoms with Gasteiger partial charge in [0.2, 0.25) is 5.78 Å². The number of cyclic esters (lactones) is 1. The van der Waals surface area contributed by atoms with E-state index in [1.54, 1.807) is 46.5 Å². The van der Waals surface area contributed by atoms with Crippen molar-refractivity contribution in [2.45, 2.75) is 257 Å². The van der Waals surface area contributed by atoms with Gasteiger partial charge in [-0.05, 0) is 186 Å². The van der Waals surface area contributed by atoms with Crippen LogP contribution in [0.4, 0.5) is 0 Å². The number of Topliss-reactive ketones (excluding diaryl/α,β-unsaturated/α-hetero) is 1. The molecule has 7 heterocycles. The van der Waals surface area contributed by atoms with Crippen LogP contribution < -0.4 is 8.85 Å². The number of carbonyl (C=O) groups excluding carboxylic acids is 4. The predicted octanol–water partition coefficient (Wildman–Crippen LogP) is 21.3. The minimum absolute atomic E-state index is 0. The molecule has 11 aliphatic rings. The Morgan fingerprint density at radius 1 is 0.577 bits per heavy atom. The van der Waals surface area contributed by atoms with E-state index in [1.807, 2.05) is 60.7 Å². The van der Waals surface area contributed by atoms with Crippen LogP contribution in [0.5, 0.6) is 11.5 Å². The maximum absolute atomic E-state index is 13.9. The summed E-state index contributed by atoms with van der Waals surface area (Å²) in [5, 5.41) is 1.56. The third-order valence-electron chi connectivity index (χ3n) is 30.3. The number of carbonyl (C=O) groups is 4. The Kier molecular flexibility index (Phi) is 31.9. The minimum atomic E-state index is -3.72. The third-order valence-corrected chi connectivity index (χ3v) is 41.3. The van der Waals surface area contributed by atoms with Crippen molar-refractivity contribution >= 4 is 135 Å². The van der Waals surface area contributed by atoms with E-state index in [0.717, 1.165) is 126 Å². The molecule has 10 atom stereocenters. The van der Waals surface area contributed by atoms with Gasteiger partial charge in [0, 0.05) is 168 Å². The zero-order valence-electron chi connectivity index (χ0n) is 79.5. The molecule has 2 radical (unpaired) electrons. The van der Waals surface area contributed by atoms with Crippen molar-refractivity contribution in [1.82, 2.24) is 0 Å². The number of fused-ring (bicyclic) bond motifs is 14. The van der Waals surface area contributed by atoms with Crippen molar-refractivity contribution in [3.05, 3.63) is 152 Å². The van der Waals surface area contributed by atoms with Gasteiger partial charge in [-0.15, -0.1) is 23.4 Å². The summed E-state index contributed by atoms with van der Waals surface area (Å²) in [6.07, 6.45) is 14.4. The Labute approximate surface area is 816 Å². The molecule has 7 aromatic rings. The van der Waals surface area contributed by atoms with Gasteiger partial charge in [0.05, 0.1) is 71.5 Å². The summed E-state index contributed by atoms with van der Waals surface area (Å²) in [7, 11) is 10.5. The predicted molar refractivity (Wildman–Crippen MR) is 504 cm³/mol. The molecular formula is C96H126BCl3O24S3Si2U. The smallest absolute Gasteiger partial charge is 0.343 e. The Hall–Kier alpha value is -4.67. The normalized spacial score (nSPS) is 25.6. The van der Waals surface area contributed by atoms with Crippen LogP contribution in [0.1, 0.15) is 226 Å². The number of aryl methyl sites for hydroxylation is 2. The van der Waals surface area contributed by atoms with Crippen LogP contribution in [0, 0.1) is 67.1 Å². The Bertz CT molecular complexity index is 5420. The van der Waals surface area contributed by atoms with Crippen LogP contribution in [0.2, 0.25) is 36.3 Å². The van der Waals surface area contributed by atoms with Gasteiger partial charge >= 0.3 is 26.2 Å². The molecule has 3 aromatic heterocycles. The van der Waals surface area contributed by atoms with Crippen LogP contribution in [-0.2, 0) is 88.1 Å². The molecule has 0 amide bonds. The third kappa shape index (κ3) is 19.2. The molecule has 4 aromatic carbocycles. The molecule has 34 heteroatoms. The van der Waals surface area contributed by atoms with E-state index in [0.29, 0.717) is 86.3 Å². The molecule has 3 saturated carbocycles. The minimum Gasteiger partial charge on any atom is -0.541 e. The van der Waals surface area contributed by atoms with Crippen LogP contribution in [0.15, 0.2) is 114 Å². The molecule has 0 bridgehead atoms. The molecule has 3 saturated heterocycles. The molecule has 4 aliphatic heterocycles. The number of alkyl halides is 1. The first kappa shape index (κ1) is 103. The Balaban J connectivity index is 0.000000162. The van der Waals surface area contributed by atoms with Gasteiger partial charge < -0.3 is 83.7 Å². The number of hydrogen-bond acceptors (Lipinski definition) is 26. The number of ketones is 1. The fraction of sp³-hybridized carbons (Fsp3) is 0.604. The molecule has 6 fully saturated rings. The summed E-state index contributed by atoms with van der Waals surface area (Å²) < 4.78 is 132. The number of methoxy groups -OCH3 is 4. The summed E-state index contributed by atoms with van der Waals surface area (Å²) in [6, 6.07) is 20.0. The number of halogens is 3. The number of furan rings is 3. The van der Waals surface area contributed by atoms with E-state index in [1.165, 1.54) is 51.4 Å². The van der Waals surface area contributed by atoms with Gasteiger partial charge in [-0.3, -0.25) is 4.79 Å². The summed E-state index contributed by atoms with van der Waals surface area (Å²) in [5.74, 6) is -0.762. The maximum atomic E-state index is 13.9. The molecule has 130 heavy (non-hydrogen) atoms. The zero-order chi connectivity index (χ0) is 94.5. The first-order valence-electron chi connectivity index (χ1n) is 45.0. The molecular weight excluding hydrogens is 2040 g/mol. The van der Waals surface area contributed by atoms with Crippen LogP contribution in [-0.4, -0.2) is 193 Å². The van der Waals surface area contributed by atoms with Crippen LogP contribution in [0.25, 0.3) is 21.9 Å². The first-order valence-corrected chi connectivity index (χ1v) is 55.5. The fourth-order valence-electron chi connectivity index (χ4n) is 21.6. The largest absolute Gasteiger partial charge is 0.541 e. The molecule has 708 valence electrons. The average molecular weight is 2170 g/mol. The quantitative estimate of drug-likeness (QED) is 0.0100. The topological polar surface area (TPSA) is 280 Å². The van der Waals surface area contributed by atoms with Gasteiger partial charge in [-0.2, -0.15) is 8.42 Å².